The second-order valence-corrected chi connectivity index (χ2v) is 8.12. The fraction of sp³-hybridized carbons (Fsp3) is 0.524. The molecule has 0 saturated carbocycles. The highest BCUT2D eigenvalue weighted by molar-refractivity contribution is 7.99. The van der Waals surface area contributed by atoms with E-state index >= 15 is 0 Å². The van der Waals surface area contributed by atoms with Crippen LogP contribution in [-0.2, 0) is 11.3 Å². The number of piperazine rings is 1. The van der Waals surface area contributed by atoms with Crippen LogP contribution < -0.4 is 4.90 Å². The first-order valence-electron chi connectivity index (χ1n) is 9.95. The molecule has 7 heteroatoms. The molecule has 0 aliphatic carbocycles. The number of rotatable bonds is 7. The van der Waals surface area contributed by atoms with Crippen LogP contribution in [-0.4, -0.2) is 52.3 Å². The summed E-state index contributed by atoms with van der Waals surface area (Å²) >= 11 is 1.52. The summed E-state index contributed by atoms with van der Waals surface area (Å²) in [4.78, 5) is 21.2. The summed E-state index contributed by atoms with van der Waals surface area (Å²) in [7, 11) is 0. The summed E-state index contributed by atoms with van der Waals surface area (Å²) in [5, 5.41) is 0.932. The molecule has 0 unspecified atom stereocenters. The highest BCUT2D eigenvalue weighted by Gasteiger charge is 2.23. The molecule has 2 aromatic rings. The number of carbonyl (C=O) groups excluding carboxylic acids is 1. The number of aromatic nitrogens is 2. The van der Waals surface area contributed by atoms with Crippen molar-refractivity contribution < 1.29 is 9.18 Å². The smallest absolute Gasteiger partial charge is 0.233 e. The summed E-state index contributed by atoms with van der Waals surface area (Å²) in [6.45, 7) is 9.78. The number of unbranched alkanes of at least 4 members (excludes halogenated alkanes) is 1. The van der Waals surface area contributed by atoms with Gasteiger partial charge in [0.1, 0.15) is 5.82 Å². The Morgan fingerprint density at radius 3 is 2.57 bits per heavy atom. The maximum atomic E-state index is 14.0. The van der Waals surface area contributed by atoms with Crippen molar-refractivity contribution >= 4 is 23.4 Å². The third kappa shape index (κ3) is 4.69. The van der Waals surface area contributed by atoms with Crippen molar-refractivity contribution in [1.29, 1.82) is 0 Å². The number of carbonyl (C=O) groups is 1. The van der Waals surface area contributed by atoms with Gasteiger partial charge >= 0.3 is 0 Å². The Kier molecular flexibility index (Phi) is 6.99. The first kappa shape index (κ1) is 20.7. The van der Waals surface area contributed by atoms with E-state index in [9.17, 15) is 9.18 Å². The average molecular weight is 405 g/mol. The van der Waals surface area contributed by atoms with Gasteiger partial charge < -0.3 is 14.4 Å². The molecule has 1 aliphatic rings. The van der Waals surface area contributed by atoms with Crippen LogP contribution in [0.4, 0.5) is 10.1 Å². The molecule has 1 amide bonds. The zero-order chi connectivity index (χ0) is 20.1. The lowest BCUT2D eigenvalue weighted by Gasteiger charge is -2.36. The van der Waals surface area contributed by atoms with E-state index in [1.807, 2.05) is 22.8 Å². The molecule has 28 heavy (non-hydrogen) atoms. The van der Waals surface area contributed by atoms with Crippen LogP contribution in [0.15, 0.2) is 29.4 Å². The van der Waals surface area contributed by atoms with Crippen molar-refractivity contribution in [3.63, 3.8) is 0 Å². The highest BCUT2D eigenvalue weighted by Crippen LogP contribution is 2.23. The van der Waals surface area contributed by atoms with Crippen molar-refractivity contribution in [3.8, 4) is 0 Å². The number of halogens is 1. The number of imidazole rings is 1. The van der Waals surface area contributed by atoms with Crippen LogP contribution in [0.5, 0.6) is 0 Å². The Hall–Kier alpha value is -2.02. The number of benzene rings is 1. The number of aryl methyl sites for hydroxylation is 1. The number of para-hydroxylation sites is 1. The second-order valence-electron chi connectivity index (χ2n) is 7.18. The molecule has 0 atom stereocenters. The number of anilines is 1. The summed E-state index contributed by atoms with van der Waals surface area (Å²) in [5.74, 6) is 0.308. The number of hydrogen-bond donors (Lipinski definition) is 0. The molecular weight excluding hydrogens is 375 g/mol. The Morgan fingerprint density at radius 2 is 1.89 bits per heavy atom. The summed E-state index contributed by atoms with van der Waals surface area (Å²) in [5.41, 5.74) is 2.83. The van der Waals surface area contributed by atoms with E-state index in [-0.39, 0.29) is 11.7 Å². The van der Waals surface area contributed by atoms with Gasteiger partial charge in [0.2, 0.25) is 5.91 Å². The SMILES string of the molecule is CCCCn1c(SCC(=O)N2CCN(c3ccccc3F)CC2)nc(C)c1C. The Labute approximate surface area is 170 Å². The quantitative estimate of drug-likeness (QED) is 0.657. The molecule has 3 rings (SSSR count). The molecule has 1 aromatic heterocycles. The van der Waals surface area contributed by atoms with E-state index in [0.29, 0.717) is 37.6 Å². The molecule has 1 aromatic carbocycles. The predicted octanol–water partition coefficient (Wildman–Crippen LogP) is 3.88. The third-order valence-electron chi connectivity index (χ3n) is 5.31. The molecule has 0 radical (unpaired) electrons. The van der Waals surface area contributed by atoms with E-state index in [4.69, 9.17) is 0 Å². The number of hydrogen-bond acceptors (Lipinski definition) is 4. The van der Waals surface area contributed by atoms with Crippen molar-refractivity contribution in [2.24, 2.45) is 0 Å². The van der Waals surface area contributed by atoms with Crippen molar-refractivity contribution in [2.45, 2.75) is 45.3 Å². The van der Waals surface area contributed by atoms with Gasteiger partial charge in [0.05, 0.1) is 17.1 Å². The van der Waals surface area contributed by atoms with Gasteiger partial charge in [0, 0.05) is 38.4 Å². The van der Waals surface area contributed by atoms with Crippen LogP contribution in [0, 0.1) is 19.7 Å². The molecule has 1 saturated heterocycles. The van der Waals surface area contributed by atoms with Gasteiger partial charge in [-0.05, 0) is 32.4 Å². The largest absolute Gasteiger partial charge is 0.366 e. The zero-order valence-electron chi connectivity index (χ0n) is 16.9. The average Bonchev–Trinajstić information content (AvgIpc) is 2.98. The molecule has 0 N–H and O–H groups in total. The Morgan fingerprint density at radius 1 is 1.18 bits per heavy atom. The second kappa shape index (κ2) is 9.45. The molecule has 0 spiro atoms. The lowest BCUT2D eigenvalue weighted by molar-refractivity contribution is -0.128. The molecule has 2 heterocycles. The summed E-state index contributed by atoms with van der Waals surface area (Å²) < 4.78 is 16.2. The van der Waals surface area contributed by atoms with E-state index in [0.717, 1.165) is 30.2 Å². The van der Waals surface area contributed by atoms with Crippen LogP contribution in [0.2, 0.25) is 0 Å². The monoisotopic (exact) mass is 404 g/mol. The van der Waals surface area contributed by atoms with Gasteiger partial charge in [0.25, 0.3) is 0 Å². The van der Waals surface area contributed by atoms with Gasteiger partial charge in [-0.1, -0.05) is 37.2 Å². The molecule has 0 bridgehead atoms. The van der Waals surface area contributed by atoms with Crippen LogP contribution in [0.25, 0.3) is 0 Å². The first-order chi connectivity index (χ1) is 13.5. The third-order valence-corrected chi connectivity index (χ3v) is 6.27. The molecular formula is C21H29FN4OS. The summed E-state index contributed by atoms with van der Waals surface area (Å²) in [6, 6.07) is 6.82. The molecule has 1 fully saturated rings. The number of nitrogens with zero attached hydrogens (tertiary/aromatic N) is 4. The van der Waals surface area contributed by atoms with Gasteiger partial charge in [-0.25, -0.2) is 9.37 Å². The maximum Gasteiger partial charge on any atom is 0.233 e. The zero-order valence-corrected chi connectivity index (χ0v) is 17.8. The minimum atomic E-state index is -0.206. The highest BCUT2D eigenvalue weighted by atomic mass is 32.2. The van der Waals surface area contributed by atoms with E-state index in [1.54, 1.807) is 12.1 Å². The van der Waals surface area contributed by atoms with Crippen molar-refractivity contribution in [3.05, 3.63) is 41.5 Å². The van der Waals surface area contributed by atoms with Crippen molar-refractivity contribution in [1.82, 2.24) is 14.5 Å². The fourth-order valence-corrected chi connectivity index (χ4v) is 4.46. The normalized spacial score (nSPS) is 14.6. The number of thioether (sulfide) groups is 1. The lowest BCUT2D eigenvalue weighted by Crippen LogP contribution is -2.49. The van der Waals surface area contributed by atoms with Gasteiger partial charge in [-0.2, -0.15) is 0 Å². The summed E-state index contributed by atoms with van der Waals surface area (Å²) in [6.07, 6.45) is 2.24. The Bertz CT molecular complexity index is 815. The topological polar surface area (TPSA) is 41.4 Å². The van der Waals surface area contributed by atoms with Crippen LogP contribution in [0.1, 0.15) is 31.2 Å². The molecule has 1 aliphatic heterocycles. The van der Waals surface area contributed by atoms with E-state index in [1.165, 1.54) is 23.5 Å². The molecule has 5 nitrogen and oxygen atoms in total. The lowest BCUT2D eigenvalue weighted by atomic mass is 10.2. The van der Waals surface area contributed by atoms with Crippen LogP contribution in [0.3, 0.4) is 0 Å². The van der Waals surface area contributed by atoms with Gasteiger partial charge in [-0.3, -0.25) is 4.79 Å². The van der Waals surface area contributed by atoms with Gasteiger partial charge in [-0.15, -0.1) is 0 Å². The van der Waals surface area contributed by atoms with E-state index < -0.39 is 0 Å². The maximum absolute atomic E-state index is 14.0. The Balaban J connectivity index is 1.54. The minimum absolute atomic E-state index is 0.124. The standard InChI is InChI=1S/C21H29FN4OS/c1-4-5-10-26-17(3)16(2)23-21(26)28-15-20(27)25-13-11-24(12-14-25)19-9-7-6-8-18(19)22/h6-9H,4-5,10-15H2,1-3H3. The molecule has 152 valence electrons. The van der Waals surface area contributed by atoms with Crippen molar-refractivity contribution in [2.75, 3.05) is 36.8 Å². The van der Waals surface area contributed by atoms with Crippen LogP contribution >= 0.6 is 11.8 Å². The fourth-order valence-electron chi connectivity index (χ4n) is 3.44. The predicted molar refractivity (Wildman–Crippen MR) is 113 cm³/mol. The number of amides is 1. The van der Waals surface area contributed by atoms with Gasteiger partial charge in [0.15, 0.2) is 5.16 Å². The van der Waals surface area contributed by atoms with E-state index in [2.05, 4.69) is 23.4 Å². The minimum Gasteiger partial charge on any atom is -0.366 e. The first-order valence-corrected chi connectivity index (χ1v) is 10.9.